The van der Waals surface area contributed by atoms with Crippen molar-refractivity contribution in [1.29, 1.82) is 0 Å². The topological polar surface area (TPSA) is 74.5 Å². The summed E-state index contributed by atoms with van der Waals surface area (Å²) in [5, 5.41) is 15.4. The van der Waals surface area contributed by atoms with Crippen LogP contribution in [0.4, 0.5) is 10.1 Å². The van der Waals surface area contributed by atoms with Gasteiger partial charge in [0.2, 0.25) is 0 Å². The summed E-state index contributed by atoms with van der Waals surface area (Å²) in [5.74, 6) is 0.148. The summed E-state index contributed by atoms with van der Waals surface area (Å²) in [6.45, 7) is 2.38. The molecule has 0 atom stereocenters. The first kappa shape index (κ1) is 17.0. The largest absolute Gasteiger partial charge is 0.459 e. The van der Waals surface area contributed by atoms with Gasteiger partial charge in [-0.15, -0.1) is 0 Å². The molecule has 1 aromatic heterocycles. The van der Waals surface area contributed by atoms with E-state index in [9.17, 15) is 9.18 Å². The first-order chi connectivity index (χ1) is 12.1. The maximum absolute atomic E-state index is 13.2. The quantitative estimate of drug-likeness (QED) is 0.643. The fourth-order valence-corrected chi connectivity index (χ4v) is 2.68. The fraction of sp³-hybridized carbons (Fsp3) is 0.211. The lowest BCUT2D eigenvalue weighted by molar-refractivity contribution is 0.0944. The van der Waals surface area contributed by atoms with Gasteiger partial charge in [0.25, 0.3) is 5.91 Å². The number of carbonyl (C=O) groups excluding carboxylic acids is 1. The second-order valence-electron chi connectivity index (χ2n) is 5.71. The number of aliphatic hydroxyl groups excluding tert-OH is 1. The fourth-order valence-electron chi connectivity index (χ4n) is 2.68. The lowest BCUT2D eigenvalue weighted by Gasteiger charge is -2.12. The summed E-state index contributed by atoms with van der Waals surface area (Å²) in [7, 11) is 0. The number of aliphatic hydroxyl groups is 1. The van der Waals surface area contributed by atoms with Gasteiger partial charge in [-0.3, -0.25) is 4.79 Å². The number of rotatable bonds is 6. The van der Waals surface area contributed by atoms with Crippen molar-refractivity contribution in [2.75, 3.05) is 18.5 Å². The van der Waals surface area contributed by atoms with Gasteiger partial charge in [-0.1, -0.05) is 6.07 Å². The molecule has 3 rings (SSSR count). The van der Waals surface area contributed by atoms with Gasteiger partial charge < -0.3 is 20.2 Å². The maximum atomic E-state index is 13.2. The van der Waals surface area contributed by atoms with Crippen LogP contribution < -0.4 is 10.6 Å². The third-order valence-electron chi connectivity index (χ3n) is 3.96. The van der Waals surface area contributed by atoms with Crippen molar-refractivity contribution in [1.82, 2.24) is 5.32 Å². The van der Waals surface area contributed by atoms with E-state index < -0.39 is 0 Å². The van der Waals surface area contributed by atoms with Gasteiger partial charge in [0, 0.05) is 23.2 Å². The molecule has 0 bridgehead atoms. The molecular weight excluding hydrogens is 323 g/mol. The number of halogens is 1. The van der Waals surface area contributed by atoms with Crippen LogP contribution in [0.2, 0.25) is 0 Å². The summed E-state index contributed by atoms with van der Waals surface area (Å²) < 4.78 is 18.9. The van der Waals surface area contributed by atoms with E-state index in [1.54, 1.807) is 24.3 Å². The monoisotopic (exact) mass is 342 g/mol. The third kappa shape index (κ3) is 3.80. The number of hydrogen-bond acceptors (Lipinski definition) is 4. The third-order valence-corrected chi connectivity index (χ3v) is 3.96. The van der Waals surface area contributed by atoms with E-state index in [4.69, 9.17) is 9.52 Å². The Hall–Kier alpha value is -2.86. The molecule has 0 aliphatic heterocycles. The van der Waals surface area contributed by atoms with E-state index >= 15 is 0 Å². The number of hydrogen-bond donors (Lipinski definition) is 3. The molecule has 25 heavy (non-hydrogen) atoms. The summed E-state index contributed by atoms with van der Waals surface area (Å²) >= 11 is 0. The van der Waals surface area contributed by atoms with E-state index in [1.807, 2.05) is 13.0 Å². The average molecular weight is 342 g/mol. The Morgan fingerprint density at radius 1 is 1.24 bits per heavy atom. The smallest absolute Gasteiger partial charge is 0.251 e. The van der Waals surface area contributed by atoms with Gasteiger partial charge in [-0.25, -0.2) is 4.39 Å². The van der Waals surface area contributed by atoms with Crippen molar-refractivity contribution in [2.45, 2.75) is 13.5 Å². The van der Waals surface area contributed by atoms with Crippen molar-refractivity contribution in [2.24, 2.45) is 0 Å². The predicted molar refractivity (Wildman–Crippen MR) is 94.1 cm³/mol. The van der Waals surface area contributed by atoms with Crippen LogP contribution in [-0.4, -0.2) is 24.2 Å². The first-order valence-corrected chi connectivity index (χ1v) is 7.99. The number of amides is 1. The molecule has 0 unspecified atom stereocenters. The Morgan fingerprint density at radius 3 is 2.88 bits per heavy atom. The molecule has 0 radical (unpaired) electrons. The Labute approximate surface area is 144 Å². The van der Waals surface area contributed by atoms with Crippen LogP contribution in [0.25, 0.3) is 11.0 Å². The van der Waals surface area contributed by atoms with E-state index in [2.05, 4.69) is 10.6 Å². The van der Waals surface area contributed by atoms with Crippen LogP contribution >= 0.6 is 0 Å². The van der Waals surface area contributed by atoms with Crippen LogP contribution in [0.15, 0.2) is 46.9 Å². The van der Waals surface area contributed by atoms with Crippen molar-refractivity contribution < 1.29 is 18.7 Å². The van der Waals surface area contributed by atoms with Crippen LogP contribution in [0.1, 0.15) is 21.7 Å². The Balaban J connectivity index is 1.75. The number of anilines is 1. The molecule has 2 aromatic carbocycles. The van der Waals surface area contributed by atoms with Crippen LogP contribution in [0, 0.1) is 12.7 Å². The SMILES string of the molecule is Cc1c(NCc2cc3cc(F)ccc3o2)cccc1C(=O)NCCO. The minimum Gasteiger partial charge on any atom is -0.459 e. The molecule has 0 spiro atoms. The molecule has 6 heteroatoms. The highest BCUT2D eigenvalue weighted by Crippen LogP contribution is 2.23. The van der Waals surface area contributed by atoms with Gasteiger partial charge in [-0.05, 0) is 48.9 Å². The highest BCUT2D eigenvalue weighted by molar-refractivity contribution is 5.97. The molecule has 3 N–H and O–H groups in total. The predicted octanol–water partition coefficient (Wildman–Crippen LogP) is 3.21. The average Bonchev–Trinajstić information content (AvgIpc) is 3.00. The molecule has 0 saturated carbocycles. The standard InChI is InChI=1S/C19H19FN2O3/c1-12-16(19(24)21-7-8-23)3-2-4-17(12)22-11-15-10-13-9-14(20)5-6-18(13)25-15/h2-6,9-10,22-23H,7-8,11H2,1H3,(H,21,24). The zero-order valence-electron chi connectivity index (χ0n) is 13.8. The molecule has 0 aliphatic rings. The van der Waals surface area contributed by atoms with E-state index in [0.717, 1.165) is 11.3 Å². The van der Waals surface area contributed by atoms with E-state index in [-0.39, 0.29) is 24.9 Å². The van der Waals surface area contributed by atoms with Gasteiger partial charge in [0.05, 0.1) is 13.2 Å². The number of furan rings is 1. The minimum atomic E-state index is -0.301. The van der Waals surface area contributed by atoms with Crippen molar-refractivity contribution in [3.8, 4) is 0 Å². The molecule has 0 aliphatic carbocycles. The van der Waals surface area contributed by atoms with Gasteiger partial charge in [0.15, 0.2) is 0 Å². The summed E-state index contributed by atoms with van der Waals surface area (Å²) in [5.41, 5.74) is 2.79. The zero-order chi connectivity index (χ0) is 17.8. The second-order valence-corrected chi connectivity index (χ2v) is 5.71. The number of nitrogens with one attached hydrogen (secondary N) is 2. The highest BCUT2D eigenvalue weighted by Gasteiger charge is 2.12. The van der Waals surface area contributed by atoms with Gasteiger partial charge in [-0.2, -0.15) is 0 Å². The lowest BCUT2D eigenvalue weighted by Crippen LogP contribution is -2.27. The first-order valence-electron chi connectivity index (χ1n) is 7.99. The van der Waals surface area contributed by atoms with Crippen LogP contribution in [0.5, 0.6) is 0 Å². The summed E-state index contributed by atoms with van der Waals surface area (Å²) in [4.78, 5) is 12.1. The van der Waals surface area contributed by atoms with E-state index in [1.165, 1.54) is 12.1 Å². The lowest BCUT2D eigenvalue weighted by atomic mass is 10.1. The van der Waals surface area contributed by atoms with Gasteiger partial charge >= 0.3 is 0 Å². The summed E-state index contributed by atoms with van der Waals surface area (Å²) in [6.07, 6.45) is 0. The van der Waals surface area contributed by atoms with E-state index in [0.29, 0.717) is 28.8 Å². The maximum Gasteiger partial charge on any atom is 0.251 e. The van der Waals surface area contributed by atoms with Crippen molar-refractivity contribution >= 4 is 22.6 Å². The van der Waals surface area contributed by atoms with Gasteiger partial charge in [0.1, 0.15) is 17.2 Å². The molecular formula is C19H19FN2O3. The summed E-state index contributed by atoms with van der Waals surface area (Å²) in [6, 6.07) is 11.6. The molecule has 0 fully saturated rings. The highest BCUT2D eigenvalue weighted by atomic mass is 19.1. The Morgan fingerprint density at radius 2 is 2.08 bits per heavy atom. The molecule has 1 amide bonds. The van der Waals surface area contributed by atoms with Crippen molar-refractivity contribution in [3.63, 3.8) is 0 Å². The Kier molecular flexibility index (Phi) is 5.00. The van der Waals surface area contributed by atoms with Crippen LogP contribution in [0.3, 0.4) is 0 Å². The van der Waals surface area contributed by atoms with Crippen molar-refractivity contribution in [3.05, 3.63) is 65.2 Å². The number of fused-ring (bicyclic) bond motifs is 1. The van der Waals surface area contributed by atoms with Crippen LogP contribution in [-0.2, 0) is 6.54 Å². The molecule has 5 nitrogen and oxygen atoms in total. The molecule has 130 valence electrons. The zero-order valence-corrected chi connectivity index (χ0v) is 13.8. The number of benzene rings is 2. The normalized spacial score (nSPS) is 10.8. The number of carbonyl (C=O) groups is 1. The molecule has 3 aromatic rings. The Bertz CT molecular complexity index is 905. The molecule has 1 heterocycles. The second kappa shape index (κ2) is 7.36. The molecule has 0 saturated heterocycles. The minimum absolute atomic E-state index is 0.102.